The summed E-state index contributed by atoms with van der Waals surface area (Å²) in [5.74, 6) is 1.29. The number of benzene rings is 2. The van der Waals surface area contributed by atoms with Crippen LogP contribution in [-0.2, 0) is 16.8 Å². The molecule has 0 unspecified atom stereocenters. The fourth-order valence-corrected chi connectivity index (χ4v) is 3.54. The van der Waals surface area contributed by atoms with E-state index in [9.17, 15) is 9.18 Å². The summed E-state index contributed by atoms with van der Waals surface area (Å²) in [6.07, 6.45) is 2.38. The summed E-state index contributed by atoms with van der Waals surface area (Å²) in [6.45, 7) is 0.277. The minimum Gasteiger partial charge on any atom is -0.496 e. The number of carbonyl (C=O) groups excluding carboxylic acids is 1. The minimum absolute atomic E-state index is 0.101. The maximum atomic E-state index is 13.7. The number of carbonyl (C=O) groups is 1. The van der Waals surface area contributed by atoms with Crippen molar-refractivity contribution in [2.24, 2.45) is 0 Å². The zero-order valence-electron chi connectivity index (χ0n) is 15.8. The molecule has 0 aromatic heterocycles. The van der Waals surface area contributed by atoms with E-state index in [0.717, 1.165) is 17.5 Å². The minimum atomic E-state index is -0.661. The second-order valence-corrected chi connectivity index (χ2v) is 6.65. The number of halogens is 1. The lowest BCUT2D eigenvalue weighted by molar-refractivity contribution is -0.130. The second-order valence-electron chi connectivity index (χ2n) is 6.65. The molecule has 27 heavy (non-hydrogen) atoms. The van der Waals surface area contributed by atoms with Gasteiger partial charge in [-0.1, -0.05) is 18.6 Å². The van der Waals surface area contributed by atoms with Gasteiger partial charge in [-0.25, -0.2) is 4.39 Å². The summed E-state index contributed by atoms with van der Waals surface area (Å²) in [4.78, 5) is 13.0. The smallest absolute Gasteiger partial charge is 0.230 e. The van der Waals surface area contributed by atoms with E-state index < -0.39 is 5.41 Å². The van der Waals surface area contributed by atoms with Crippen LogP contribution in [0.25, 0.3) is 0 Å². The molecule has 0 bridgehead atoms. The van der Waals surface area contributed by atoms with E-state index in [1.54, 1.807) is 39.5 Å². The van der Waals surface area contributed by atoms with Gasteiger partial charge in [-0.05, 0) is 36.6 Å². The van der Waals surface area contributed by atoms with Crippen LogP contribution in [0.5, 0.6) is 17.2 Å². The van der Waals surface area contributed by atoms with E-state index in [1.165, 1.54) is 12.1 Å². The molecule has 2 aromatic rings. The largest absolute Gasteiger partial charge is 0.496 e. The lowest BCUT2D eigenvalue weighted by atomic mass is 9.63. The summed E-state index contributed by atoms with van der Waals surface area (Å²) in [7, 11) is 4.67. The van der Waals surface area contributed by atoms with Gasteiger partial charge in [-0.2, -0.15) is 0 Å². The van der Waals surface area contributed by atoms with Crippen LogP contribution in [0.15, 0.2) is 36.4 Å². The predicted molar refractivity (Wildman–Crippen MR) is 99.9 cm³/mol. The Bertz CT molecular complexity index is 833. The van der Waals surface area contributed by atoms with Gasteiger partial charge in [-0.3, -0.25) is 4.79 Å². The van der Waals surface area contributed by atoms with Gasteiger partial charge in [0, 0.05) is 18.2 Å². The Hall–Kier alpha value is -2.76. The van der Waals surface area contributed by atoms with E-state index in [2.05, 4.69) is 5.32 Å². The Balaban J connectivity index is 1.81. The fourth-order valence-electron chi connectivity index (χ4n) is 3.54. The summed E-state index contributed by atoms with van der Waals surface area (Å²) in [5.41, 5.74) is 0.842. The first kappa shape index (κ1) is 19.0. The Labute approximate surface area is 158 Å². The van der Waals surface area contributed by atoms with Crippen LogP contribution in [-0.4, -0.2) is 27.2 Å². The van der Waals surface area contributed by atoms with Crippen molar-refractivity contribution in [1.82, 2.24) is 5.32 Å². The molecular weight excluding hydrogens is 349 g/mol. The fraction of sp³-hybridized carbons (Fsp3) is 0.381. The maximum absolute atomic E-state index is 13.7. The number of hydrogen-bond donors (Lipinski definition) is 1. The molecule has 1 fully saturated rings. The standard InChI is InChI=1S/C21H24FNO4/c1-25-17-12-19(27-3)18(26-2)10-14(17)13-23-20(24)21(8-5-9-21)15-6-4-7-16(22)11-15/h4,6-7,10-12H,5,8-9,13H2,1-3H3,(H,23,24). The average molecular weight is 373 g/mol. The zero-order valence-corrected chi connectivity index (χ0v) is 15.8. The van der Waals surface area contributed by atoms with Crippen LogP contribution in [0.4, 0.5) is 4.39 Å². The summed E-state index contributed by atoms with van der Waals surface area (Å²) < 4.78 is 29.7. The molecule has 1 N–H and O–H groups in total. The van der Waals surface area contributed by atoms with Gasteiger partial charge in [0.2, 0.25) is 5.91 Å². The molecule has 5 nitrogen and oxygen atoms in total. The van der Waals surface area contributed by atoms with Gasteiger partial charge in [0.25, 0.3) is 0 Å². The lowest BCUT2D eigenvalue weighted by Crippen LogP contribution is -2.49. The average Bonchev–Trinajstić information content (AvgIpc) is 2.64. The number of rotatable bonds is 7. The quantitative estimate of drug-likeness (QED) is 0.806. The number of hydrogen-bond acceptors (Lipinski definition) is 4. The van der Waals surface area contributed by atoms with Gasteiger partial charge in [0.05, 0.1) is 26.7 Å². The Morgan fingerprint density at radius 2 is 1.70 bits per heavy atom. The summed E-state index contributed by atoms with van der Waals surface area (Å²) >= 11 is 0. The van der Waals surface area contributed by atoms with Crippen LogP contribution < -0.4 is 19.5 Å². The van der Waals surface area contributed by atoms with Crippen LogP contribution in [0.2, 0.25) is 0 Å². The molecule has 0 aliphatic heterocycles. The highest BCUT2D eigenvalue weighted by molar-refractivity contribution is 5.89. The Kier molecular flexibility index (Phi) is 5.54. The third kappa shape index (κ3) is 3.56. The molecule has 1 aliphatic carbocycles. The van der Waals surface area contributed by atoms with E-state index in [4.69, 9.17) is 14.2 Å². The van der Waals surface area contributed by atoms with Gasteiger partial charge >= 0.3 is 0 Å². The number of methoxy groups -OCH3 is 3. The molecule has 0 heterocycles. The highest BCUT2D eigenvalue weighted by Gasteiger charge is 2.45. The van der Waals surface area contributed by atoms with Crippen LogP contribution in [0.3, 0.4) is 0 Å². The molecule has 2 aromatic carbocycles. The third-order valence-corrected chi connectivity index (χ3v) is 5.24. The molecule has 1 saturated carbocycles. The first-order valence-electron chi connectivity index (χ1n) is 8.87. The van der Waals surface area contributed by atoms with E-state index in [1.807, 2.05) is 6.07 Å². The topological polar surface area (TPSA) is 56.8 Å². The van der Waals surface area contributed by atoms with Gasteiger partial charge in [-0.15, -0.1) is 0 Å². The van der Waals surface area contributed by atoms with Gasteiger partial charge in [0.1, 0.15) is 11.6 Å². The number of ether oxygens (including phenoxy) is 3. The molecule has 6 heteroatoms. The van der Waals surface area contributed by atoms with Crippen molar-refractivity contribution in [3.63, 3.8) is 0 Å². The lowest BCUT2D eigenvalue weighted by Gasteiger charge is -2.40. The highest BCUT2D eigenvalue weighted by Crippen LogP contribution is 2.44. The number of nitrogens with one attached hydrogen (secondary N) is 1. The van der Waals surface area contributed by atoms with E-state index >= 15 is 0 Å². The molecule has 144 valence electrons. The first-order valence-corrected chi connectivity index (χ1v) is 8.87. The highest BCUT2D eigenvalue weighted by atomic mass is 19.1. The van der Waals surface area contributed by atoms with Crippen LogP contribution >= 0.6 is 0 Å². The van der Waals surface area contributed by atoms with Crippen molar-refractivity contribution >= 4 is 5.91 Å². The van der Waals surface area contributed by atoms with Crippen LogP contribution in [0.1, 0.15) is 30.4 Å². The maximum Gasteiger partial charge on any atom is 0.230 e. The first-order chi connectivity index (χ1) is 13.0. The molecule has 3 rings (SSSR count). The Morgan fingerprint density at radius 1 is 1.04 bits per heavy atom. The van der Waals surface area contributed by atoms with Crippen molar-refractivity contribution < 1.29 is 23.4 Å². The third-order valence-electron chi connectivity index (χ3n) is 5.24. The van der Waals surface area contributed by atoms with Crippen molar-refractivity contribution in [2.75, 3.05) is 21.3 Å². The number of amides is 1. The molecule has 0 spiro atoms. The molecule has 1 aliphatic rings. The zero-order chi connectivity index (χ0) is 19.4. The Morgan fingerprint density at radius 3 is 2.26 bits per heavy atom. The van der Waals surface area contributed by atoms with Gasteiger partial charge < -0.3 is 19.5 Å². The molecular formula is C21H24FNO4. The second kappa shape index (κ2) is 7.86. The van der Waals surface area contributed by atoms with Gasteiger partial charge in [0.15, 0.2) is 11.5 Å². The van der Waals surface area contributed by atoms with Crippen LogP contribution in [0, 0.1) is 5.82 Å². The molecule has 0 atom stereocenters. The molecule has 1 amide bonds. The van der Waals surface area contributed by atoms with Crippen molar-refractivity contribution in [3.8, 4) is 17.2 Å². The van der Waals surface area contributed by atoms with E-state index in [-0.39, 0.29) is 18.3 Å². The SMILES string of the molecule is COc1cc(OC)c(OC)cc1CNC(=O)C1(c2cccc(F)c2)CCC1. The van der Waals surface area contributed by atoms with E-state index in [0.29, 0.717) is 30.1 Å². The van der Waals surface area contributed by atoms with Crippen molar-refractivity contribution in [3.05, 3.63) is 53.3 Å². The predicted octanol–water partition coefficient (Wildman–Crippen LogP) is 3.59. The monoisotopic (exact) mass is 373 g/mol. The molecule has 0 saturated heterocycles. The summed E-state index contributed by atoms with van der Waals surface area (Å²) in [5, 5.41) is 2.99. The van der Waals surface area contributed by atoms with Crippen molar-refractivity contribution in [2.45, 2.75) is 31.2 Å². The summed E-state index contributed by atoms with van der Waals surface area (Å²) in [6, 6.07) is 9.83. The molecule has 0 radical (unpaired) electrons. The van der Waals surface area contributed by atoms with Crippen molar-refractivity contribution in [1.29, 1.82) is 0 Å². The normalized spacial score (nSPS) is 14.8.